The van der Waals surface area contributed by atoms with Gasteiger partial charge in [0, 0.05) is 37.5 Å². The minimum Gasteiger partial charge on any atom is -0.464 e. The molecular formula is C34H46N6O9. The summed E-state index contributed by atoms with van der Waals surface area (Å²) in [6.07, 6.45) is 4.37. The first-order chi connectivity index (χ1) is 23.3. The molecule has 0 saturated carbocycles. The van der Waals surface area contributed by atoms with Gasteiger partial charge in [-0.1, -0.05) is 18.2 Å². The summed E-state index contributed by atoms with van der Waals surface area (Å²) in [5.74, 6) is -3.06. The van der Waals surface area contributed by atoms with Gasteiger partial charge in [-0.2, -0.15) is 0 Å². The van der Waals surface area contributed by atoms with E-state index in [1.165, 1.54) is 23.5 Å². The number of hydrogen-bond donors (Lipinski definition) is 3. The molecule has 15 heteroatoms. The Balaban J connectivity index is 1.71. The molecule has 1 aromatic carbocycles. The van der Waals surface area contributed by atoms with Crippen LogP contribution in [0.1, 0.15) is 82.8 Å². The van der Waals surface area contributed by atoms with Gasteiger partial charge in [0.15, 0.2) is 0 Å². The number of esters is 2. The zero-order valence-corrected chi connectivity index (χ0v) is 28.7. The number of amides is 4. The maximum Gasteiger partial charge on any atom is 0.407 e. The number of hydrogen-bond acceptors (Lipinski definition) is 11. The molecule has 1 aliphatic heterocycles. The van der Waals surface area contributed by atoms with E-state index in [-0.39, 0.29) is 44.7 Å². The summed E-state index contributed by atoms with van der Waals surface area (Å²) in [7, 11) is 0. The van der Waals surface area contributed by atoms with Crippen molar-refractivity contribution in [3.05, 3.63) is 54.1 Å². The third-order valence-corrected chi connectivity index (χ3v) is 7.34. The number of fused-ring (bicyclic) bond motifs is 1. The first-order valence-electron chi connectivity index (χ1n) is 16.4. The molecule has 0 spiro atoms. The van der Waals surface area contributed by atoms with Crippen LogP contribution in [0.5, 0.6) is 0 Å². The van der Waals surface area contributed by atoms with Gasteiger partial charge in [0.1, 0.15) is 29.4 Å². The molecule has 2 heterocycles. The summed E-state index contributed by atoms with van der Waals surface area (Å²) in [4.78, 5) is 87.2. The predicted molar refractivity (Wildman–Crippen MR) is 177 cm³/mol. The quantitative estimate of drug-likeness (QED) is 0.134. The van der Waals surface area contributed by atoms with Crippen molar-refractivity contribution in [2.45, 2.75) is 96.9 Å². The van der Waals surface area contributed by atoms with E-state index < -0.39 is 59.5 Å². The van der Waals surface area contributed by atoms with Gasteiger partial charge in [0.05, 0.1) is 19.4 Å². The normalized spacial score (nSPS) is 14.9. The Bertz CT molecular complexity index is 1460. The lowest BCUT2D eigenvalue weighted by atomic mass is 10.1. The molecule has 3 atom stereocenters. The van der Waals surface area contributed by atoms with Gasteiger partial charge >= 0.3 is 18.0 Å². The van der Waals surface area contributed by atoms with Crippen LogP contribution in [-0.4, -0.2) is 89.2 Å². The number of anilines is 1. The molecule has 15 nitrogen and oxygen atoms in total. The largest absolute Gasteiger partial charge is 0.464 e. The van der Waals surface area contributed by atoms with E-state index in [1.807, 2.05) is 12.1 Å². The summed E-state index contributed by atoms with van der Waals surface area (Å²) in [6, 6.07) is 3.95. The maximum absolute atomic E-state index is 13.6. The molecule has 0 aliphatic carbocycles. The van der Waals surface area contributed by atoms with Crippen molar-refractivity contribution in [3.63, 3.8) is 0 Å². The second-order valence-corrected chi connectivity index (χ2v) is 12.3. The molecule has 4 amide bonds. The van der Waals surface area contributed by atoms with Crippen molar-refractivity contribution in [1.29, 1.82) is 0 Å². The molecule has 0 saturated heterocycles. The van der Waals surface area contributed by atoms with Crippen molar-refractivity contribution in [2.75, 3.05) is 24.7 Å². The molecule has 3 rings (SSSR count). The smallest absolute Gasteiger partial charge is 0.407 e. The summed E-state index contributed by atoms with van der Waals surface area (Å²) >= 11 is 0. The van der Waals surface area contributed by atoms with Crippen LogP contribution in [-0.2, 0) is 39.8 Å². The lowest BCUT2D eigenvalue weighted by molar-refractivity contribution is -0.148. The molecular weight excluding hydrogens is 636 g/mol. The van der Waals surface area contributed by atoms with Crippen molar-refractivity contribution < 1.29 is 43.0 Å². The van der Waals surface area contributed by atoms with Crippen LogP contribution in [0.25, 0.3) is 0 Å². The highest BCUT2D eigenvalue weighted by Gasteiger charge is 2.39. The summed E-state index contributed by atoms with van der Waals surface area (Å²) in [6.45, 7) is 8.99. The van der Waals surface area contributed by atoms with Crippen molar-refractivity contribution >= 4 is 41.4 Å². The standard InChI is InChI=1S/C34H46N6O9/c1-6-47-31(44)24(15-16-28(41)40-26-14-9-8-12-22(26)20-27(40)32(45)48-7-2)39-29(42)23(38-30(43)25-21-35-18-19-36-25)13-10-11-17-37-33(46)49-34(3,4)5/h8-9,12,14,18-19,21,23-24,27H,6-7,10-11,13,15-17,20H2,1-5H3,(H,37,46)(H,38,43)(H,39,42)/t23-,24+,27-/m0/s1. The number of nitrogens with one attached hydrogen (secondary N) is 3. The van der Waals surface area contributed by atoms with Crippen molar-refractivity contribution in [2.24, 2.45) is 0 Å². The van der Waals surface area contributed by atoms with Crippen LogP contribution in [0.3, 0.4) is 0 Å². The SMILES string of the molecule is CCOC(=O)[C@@H](CCC(=O)N1c2ccccc2C[C@H]1C(=O)OCC)NC(=O)[C@H](CCCCNC(=O)OC(C)(C)C)NC(=O)c1cnccn1. The zero-order chi connectivity index (χ0) is 36.0. The second kappa shape index (κ2) is 18.5. The second-order valence-electron chi connectivity index (χ2n) is 12.3. The molecule has 49 heavy (non-hydrogen) atoms. The molecule has 1 aliphatic rings. The fourth-order valence-corrected chi connectivity index (χ4v) is 5.17. The average Bonchev–Trinajstić information content (AvgIpc) is 3.45. The number of carbonyl (C=O) groups is 6. The molecule has 1 aromatic heterocycles. The maximum atomic E-state index is 13.6. The molecule has 0 radical (unpaired) electrons. The number of para-hydroxylation sites is 1. The fourth-order valence-electron chi connectivity index (χ4n) is 5.17. The lowest BCUT2D eigenvalue weighted by Crippen LogP contribution is -2.52. The Morgan fingerprint density at radius 2 is 1.67 bits per heavy atom. The number of alkyl carbamates (subject to hydrolysis) is 1. The molecule has 266 valence electrons. The first kappa shape index (κ1) is 38.4. The van der Waals surface area contributed by atoms with Crippen LogP contribution < -0.4 is 20.9 Å². The number of benzene rings is 1. The van der Waals surface area contributed by atoms with Gasteiger partial charge in [-0.05, 0) is 71.9 Å². The summed E-state index contributed by atoms with van der Waals surface area (Å²) < 4.78 is 15.7. The van der Waals surface area contributed by atoms with E-state index in [0.29, 0.717) is 24.9 Å². The van der Waals surface area contributed by atoms with E-state index in [4.69, 9.17) is 14.2 Å². The molecule has 0 unspecified atom stereocenters. The van der Waals surface area contributed by atoms with Gasteiger partial charge < -0.3 is 30.2 Å². The third kappa shape index (κ3) is 11.8. The topological polar surface area (TPSA) is 195 Å². The highest BCUT2D eigenvalue weighted by atomic mass is 16.6. The van der Waals surface area contributed by atoms with Gasteiger partial charge in [0.2, 0.25) is 11.8 Å². The van der Waals surface area contributed by atoms with Crippen LogP contribution >= 0.6 is 0 Å². The lowest BCUT2D eigenvalue weighted by Gasteiger charge is -2.26. The molecule has 2 aromatic rings. The molecule has 3 N–H and O–H groups in total. The van der Waals surface area contributed by atoms with Crippen LogP contribution in [0, 0.1) is 0 Å². The number of carbonyl (C=O) groups excluding carboxylic acids is 6. The predicted octanol–water partition coefficient (Wildman–Crippen LogP) is 2.62. The van der Waals surface area contributed by atoms with Crippen LogP contribution in [0.4, 0.5) is 10.5 Å². The van der Waals surface area contributed by atoms with E-state index in [0.717, 1.165) is 5.56 Å². The van der Waals surface area contributed by atoms with Crippen molar-refractivity contribution in [1.82, 2.24) is 25.9 Å². The number of unbranched alkanes of at least 4 members (excludes halogenated alkanes) is 1. The highest BCUT2D eigenvalue weighted by Crippen LogP contribution is 2.33. The number of ether oxygens (including phenoxy) is 3. The average molecular weight is 683 g/mol. The van der Waals surface area contributed by atoms with Gasteiger partial charge in [0.25, 0.3) is 5.91 Å². The van der Waals surface area contributed by atoms with Crippen LogP contribution in [0.2, 0.25) is 0 Å². The van der Waals surface area contributed by atoms with E-state index in [9.17, 15) is 28.8 Å². The zero-order valence-electron chi connectivity index (χ0n) is 28.7. The Labute approximate surface area is 285 Å². The van der Waals surface area contributed by atoms with Gasteiger partial charge in [-0.15, -0.1) is 0 Å². The van der Waals surface area contributed by atoms with E-state index in [1.54, 1.807) is 46.8 Å². The Morgan fingerprint density at radius 1 is 0.939 bits per heavy atom. The number of rotatable bonds is 16. The van der Waals surface area contributed by atoms with Gasteiger partial charge in [-0.25, -0.2) is 19.4 Å². The molecule has 0 bridgehead atoms. The van der Waals surface area contributed by atoms with E-state index >= 15 is 0 Å². The third-order valence-electron chi connectivity index (χ3n) is 7.34. The Kier molecular flexibility index (Phi) is 14.5. The minimum absolute atomic E-state index is 0.0125. The molecule has 0 fully saturated rings. The summed E-state index contributed by atoms with van der Waals surface area (Å²) in [5, 5.41) is 7.94. The minimum atomic E-state index is -1.24. The Morgan fingerprint density at radius 3 is 2.35 bits per heavy atom. The van der Waals surface area contributed by atoms with E-state index in [2.05, 4.69) is 25.9 Å². The monoisotopic (exact) mass is 682 g/mol. The van der Waals surface area contributed by atoms with Crippen molar-refractivity contribution in [3.8, 4) is 0 Å². The highest BCUT2D eigenvalue weighted by molar-refractivity contribution is 6.02. The summed E-state index contributed by atoms with van der Waals surface area (Å²) in [5.41, 5.74) is 0.725. The number of nitrogens with zero attached hydrogens (tertiary/aromatic N) is 3. The Hall–Kier alpha value is -5.08. The fraction of sp³-hybridized carbons (Fsp3) is 0.529. The van der Waals surface area contributed by atoms with Crippen LogP contribution in [0.15, 0.2) is 42.9 Å². The van der Waals surface area contributed by atoms with Gasteiger partial charge in [-0.3, -0.25) is 24.3 Å². The number of aromatic nitrogens is 2. The first-order valence-corrected chi connectivity index (χ1v) is 16.4.